The number of likely N-dealkylation sites (tertiary alicyclic amines) is 1. The molecular formula is C19H23N4O4S+. The Hall–Kier alpha value is -2.20. The summed E-state index contributed by atoms with van der Waals surface area (Å²) in [6.07, 6.45) is 3.15. The second kappa shape index (κ2) is 7.00. The molecule has 1 aromatic carbocycles. The van der Waals surface area contributed by atoms with Crippen LogP contribution in [0, 0.1) is 0 Å². The predicted octanol–water partition coefficient (Wildman–Crippen LogP) is 1.02. The molecule has 2 aliphatic heterocycles. The molecule has 0 bridgehead atoms. The lowest BCUT2D eigenvalue weighted by Gasteiger charge is -2.38. The van der Waals surface area contributed by atoms with E-state index in [-0.39, 0.29) is 11.9 Å². The number of rotatable bonds is 4. The van der Waals surface area contributed by atoms with E-state index in [4.69, 9.17) is 14.2 Å². The minimum atomic E-state index is -0.415. The van der Waals surface area contributed by atoms with Gasteiger partial charge in [0.15, 0.2) is 11.8 Å². The Bertz CT molecular complexity index is 954. The van der Waals surface area contributed by atoms with E-state index in [0.29, 0.717) is 18.2 Å². The number of fused-ring (bicyclic) bond motifs is 1. The fraction of sp³-hybridized carbons (Fsp3) is 0.474. The zero-order valence-electron chi connectivity index (χ0n) is 15.6. The lowest BCUT2D eigenvalue weighted by Crippen LogP contribution is -3.14. The number of nitrogens with zero attached hydrogens (tertiary/aromatic N) is 3. The highest BCUT2D eigenvalue weighted by molar-refractivity contribution is 7.17. The molecule has 2 N–H and O–H groups in total. The molecule has 0 amide bonds. The Morgan fingerprint density at radius 3 is 2.57 bits per heavy atom. The third kappa shape index (κ3) is 2.95. The van der Waals surface area contributed by atoms with E-state index >= 15 is 0 Å². The van der Waals surface area contributed by atoms with Gasteiger partial charge in [-0.25, -0.2) is 4.98 Å². The second-order valence-electron chi connectivity index (χ2n) is 7.22. The Morgan fingerprint density at radius 1 is 1.21 bits per heavy atom. The van der Waals surface area contributed by atoms with Crippen LogP contribution in [0.4, 0.5) is 0 Å². The molecule has 2 fully saturated rings. The van der Waals surface area contributed by atoms with Crippen molar-refractivity contribution in [2.75, 3.05) is 33.4 Å². The van der Waals surface area contributed by atoms with Crippen LogP contribution in [0.5, 0.6) is 11.6 Å². The molecule has 8 nitrogen and oxygen atoms in total. The smallest absolute Gasteiger partial charge is 0.235 e. The van der Waals surface area contributed by atoms with Crippen LogP contribution in [-0.2, 0) is 9.47 Å². The van der Waals surface area contributed by atoms with E-state index in [9.17, 15) is 5.11 Å². The summed E-state index contributed by atoms with van der Waals surface area (Å²) in [6.45, 7) is 3.13. The van der Waals surface area contributed by atoms with Gasteiger partial charge in [0.2, 0.25) is 10.8 Å². The highest BCUT2D eigenvalue weighted by Gasteiger charge is 2.44. The van der Waals surface area contributed by atoms with Crippen molar-refractivity contribution < 1.29 is 24.2 Å². The molecule has 0 aliphatic carbocycles. The Labute approximate surface area is 166 Å². The van der Waals surface area contributed by atoms with Crippen molar-refractivity contribution >= 4 is 16.3 Å². The van der Waals surface area contributed by atoms with E-state index in [1.807, 2.05) is 12.1 Å². The number of methoxy groups -OCH3 is 1. The van der Waals surface area contributed by atoms with Gasteiger partial charge in [-0.3, -0.25) is 0 Å². The van der Waals surface area contributed by atoms with Gasteiger partial charge in [-0.05, 0) is 24.3 Å². The SMILES string of the molecule is COc1ccc([C@H](c2sc3ncnn3c2O)[NH+]2CCC3(CC2)OCCO3)cc1. The molecule has 28 heavy (non-hydrogen) atoms. The number of piperidine rings is 1. The first-order valence-corrected chi connectivity index (χ1v) is 10.3. The van der Waals surface area contributed by atoms with Crippen LogP contribution in [0.15, 0.2) is 30.6 Å². The predicted molar refractivity (Wildman–Crippen MR) is 102 cm³/mol. The maximum absolute atomic E-state index is 10.8. The highest BCUT2D eigenvalue weighted by atomic mass is 32.1. The van der Waals surface area contributed by atoms with Gasteiger partial charge in [0.25, 0.3) is 0 Å². The Kier molecular flexibility index (Phi) is 4.47. The van der Waals surface area contributed by atoms with Gasteiger partial charge < -0.3 is 24.2 Å². The number of benzene rings is 1. The number of quaternary nitrogens is 1. The summed E-state index contributed by atoms with van der Waals surface area (Å²) in [4.78, 5) is 7.19. The van der Waals surface area contributed by atoms with Gasteiger partial charge >= 0.3 is 0 Å². The maximum atomic E-state index is 10.8. The lowest BCUT2D eigenvalue weighted by atomic mass is 9.97. The van der Waals surface area contributed by atoms with Crippen LogP contribution in [0.2, 0.25) is 0 Å². The average molecular weight is 403 g/mol. The van der Waals surface area contributed by atoms with E-state index in [1.54, 1.807) is 7.11 Å². The van der Waals surface area contributed by atoms with Crippen LogP contribution >= 0.6 is 11.3 Å². The summed E-state index contributed by atoms with van der Waals surface area (Å²) in [5.74, 6) is 0.566. The topological polar surface area (TPSA) is 82.6 Å². The third-order valence-corrected chi connectivity index (χ3v) is 6.82. The van der Waals surface area contributed by atoms with E-state index in [2.05, 4.69) is 22.2 Å². The minimum Gasteiger partial charge on any atom is -0.497 e. The number of ether oxygens (including phenoxy) is 3. The molecule has 1 atom stereocenters. The minimum absolute atomic E-state index is 0.0156. The summed E-state index contributed by atoms with van der Waals surface area (Å²) < 4.78 is 18.6. The first-order valence-electron chi connectivity index (χ1n) is 9.47. The van der Waals surface area contributed by atoms with Crippen molar-refractivity contribution in [2.45, 2.75) is 24.7 Å². The second-order valence-corrected chi connectivity index (χ2v) is 8.23. The molecule has 1 spiro atoms. The van der Waals surface area contributed by atoms with Gasteiger partial charge in [-0.2, -0.15) is 9.61 Å². The van der Waals surface area contributed by atoms with Crippen molar-refractivity contribution in [3.05, 3.63) is 41.0 Å². The first kappa shape index (κ1) is 17.9. The van der Waals surface area contributed by atoms with Crippen LogP contribution < -0.4 is 9.64 Å². The maximum Gasteiger partial charge on any atom is 0.235 e. The molecule has 2 saturated heterocycles. The molecule has 4 heterocycles. The molecule has 3 aromatic rings. The zero-order chi connectivity index (χ0) is 19.1. The zero-order valence-corrected chi connectivity index (χ0v) is 16.4. The number of hydrogen-bond acceptors (Lipinski definition) is 7. The number of thiazole rings is 1. The molecule has 0 saturated carbocycles. The first-order chi connectivity index (χ1) is 13.7. The molecule has 2 aliphatic rings. The third-order valence-electron chi connectivity index (χ3n) is 5.73. The number of nitrogens with one attached hydrogen (secondary N) is 1. The number of aromatic nitrogens is 3. The van der Waals surface area contributed by atoms with Gasteiger partial charge in [0, 0.05) is 5.56 Å². The van der Waals surface area contributed by atoms with Crippen molar-refractivity contribution in [1.82, 2.24) is 14.6 Å². The summed E-state index contributed by atoms with van der Waals surface area (Å²) in [7, 11) is 1.66. The molecule has 9 heteroatoms. The number of hydrogen-bond donors (Lipinski definition) is 2. The molecule has 0 radical (unpaired) electrons. The van der Waals surface area contributed by atoms with E-state index in [0.717, 1.165) is 42.1 Å². The van der Waals surface area contributed by atoms with Crippen LogP contribution in [0.25, 0.3) is 4.96 Å². The summed E-state index contributed by atoms with van der Waals surface area (Å²) in [6, 6.07) is 8.05. The molecule has 2 aromatic heterocycles. The Morgan fingerprint density at radius 2 is 1.93 bits per heavy atom. The summed E-state index contributed by atoms with van der Waals surface area (Å²) >= 11 is 1.49. The van der Waals surface area contributed by atoms with Crippen molar-refractivity contribution in [1.29, 1.82) is 0 Å². The fourth-order valence-electron chi connectivity index (χ4n) is 4.28. The van der Waals surface area contributed by atoms with Crippen molar-refractivity contribution in [2.24, 2.45) is 0 Å². The summed E-state index contributed by atoms with van der Waals surface area (Å²) in [5.41, 5.74) is 1.12. The van der Waals surface area contributed by atoms with Gasteiger partial charge in [-0.15, -0.1) is 0 Å². The van der Waals surface area contributed by atoms with Crippen LogP contribution in [-0.4, -0.2) is 58.9 Å². The quantitative estimate of drug-likeness (QED) is 0.677. The summed E-state index contributed by atoms with van der Waals surface area (Å²) in [5, 5.41) is 15.0. The van der Waals surface area contributed by atoms with Gasteiger partial charge in [0.05, 0.1) is 46.3 Å². The monoisotopic (exact) mass is 403 g/mol. The average Bonchev–Trinajstić information content (AvgIpc) is 3.44. The molecule has 148 valence electrons. The van der Waals surface area contributed by atoms with Crippen LogP contribution in [0.1, 0.15) is 29.3 Å². The Balaban J connectivity index is 1.51. The van der Waals surface area contributed by atoms with Gasteiger partial charge in [0.1, 0.15) is 17.0 Å². The number of aromatic hydroxyl groups is 1. The van der Waals surface area contributed by atoms with Crippen molar-refractivity contribution in [3.8, 4) is 11.6 Å². The van der Waals surface area contributed by atoms with Gasteiger partial charge in [-0.1, -0.05) is 11.3 Å². The largest absolute Gasteiger partial charge is 0.497 e. The standard InChI is InChI=1S/C19H22N4O4S/c1-25-14-4-2-13(3-5-14)15(16-17(24)23-18(28-16)20-12-21-23)22-8-6-19(7-9-22)26-10-11-27-19/h2-5,12,15,24H,6-11H2,1H3/p+1/t15-/m1/s1. The molecular weight excluding hydrogens is 380 g/mol. The normalized spacial score (nSPS) is 20.8. The van der Waals surface area contributed by atoms with Crippen molar-refractivity contribution in [3.63, 3.8) is 0 Å². The van der Waals surface area contributed by atoms with Crippen LogP contribution in [0.3, 0.4) is 0 Å². The lowest BCUT2D eigenvalue weighted by molar-refractivity contribution is -0.933. The highest BCUT2D eigenvalue weighted by Crippen LogP contribution is 2.36. The van der Waals surface area contributed by atoms with E-state index < -0.39 is 5.79 Å². The fourth-order valence-corrected chi connectivity index (χ4v) is 5.39. The van der Waals surface area contributed by atoms with E-state index in [1.165, 1.54) is 27.1 Å². The molecule has 5 rings (SSSR count). The molecule has 0 unspecified atom stereocenters.